The maximum atomic E-state index is 14.8. The quantitative estimate of drug-likeness (QED) is 0.859. The Morgan fingerprint density at radius 1 is 1.21 bits per heavy atom. The lowest BCUT2D eigenvalue weighted by atomic mass is 9.77. The second kappa shape index (κ2) is 5.81. The Morgan fingerprint density at radius 3 is 2.33 bits per heavy atom. The Morgan fingerprint density at radius 2 is 1.79 bits per heavy atom. The van der Waals surface area contributed by atoms with Crippen molar-refractivity contribution >= 4 is 18.5 Å². The molecule has 0 atom stereocenters. The zero-order chi connectivity index (χ0) is 17.7. The summed E-state index contributed by atoms with van der Waals surface area (Å²) < 4.78 is 40.4. The molecule has 130 valence electrons. The van der Waals surface area contributed by atoms with E-state index in [-0.39, 0.29) is 5.46 Å². The molecule has 2 aliphatic rings. The third-order valence-corrected chi connectivity index (χ3v) is 5.10. The molecule has 0 unspecified atom stereocenters. The van der Waals surface area contributed by atoms with Crippen LogP contribution in [-0.2, 0) is 9.31 Å². The van der Waals surface area contributed by atoms with E-state index in [9.17, 15) is 13.6 Å². The molecule has 2 fully saturated rings. The van der Waals surface area contributed by atoms with Gasteiger partial charge in [0.05, 0.1) is 11.2 Å². The smallest absolute Gasteiger partial charge is 0.399 e. The van der Waals surface area contributed by atoms with Crippen molar-refractivity contribution in [3.63, 3.8) is 0 Å². The minimum atomic E-state index is -0.981. The van der Waals surface area contributed by atoms with Crippen molar-refractivity contribution in [3.05, 3.63) is 29.3 Å². The summed E-state index contributed by atoms with van der Waals surface area (Å²) in [4.78, 5) is 12.2. The molecular weight excluding hydrogens is 315 g/mol. The van der Waals surface area contributed by atoms with E-state index in [1.807, 2.05) is 27.7 Å². The van der Waals surface area contributed by atoms with Crippen LogP contribution in [0.1, 0.15) is 50.9 Å². The summed E-state index contributed by atoms with van der Waals surface area (Å²) in [5.74, 6) is -2.13. The van der Waals surface area contributed by atoms with E-state index in [4.69, 9.17) is 9.31 Å². The molecule has 1 amide bonds. The van der Waals surface area contributed by atoms with Crippen molar-refractivity contribution < 1.29 is 22.9 Å². The van der Waals surface area contributed by atoms with E-state index < -0.39 is 41.4 Å². The predicted octanol–water partition coefficient (Wildman–Crippen LogP) is 2.40. The molecule has 1 aromatic carbocycles. The molecule has 1 saturated carbocycles. The largest absolute Gasteiger partial charge is 0.497 e. The van der Waals surface area contributed by atoms with Crippen LogP contribution in [0.2, 0.25) is 0 Å². The fraction of sp³-hybridized carbons (Fsp3) is 0.588. The molecule has 4 nitrogen and oxygen atoms in total. The minimum absolute atomic E-state index is 0.0339. The van der Waals surface area contributed by atoms with E-state index in [0.717, 1.165) is 18.9 Å². The van der Waals surface area contributed by atoms with Gasteiger partial charge in [-0.05, 0) is 52.5 Å². The number of hydrogen-bond donors (Lipinski definition) is 1. The molecular formula is C17H22BF2NO3. The summed E-state index contributed by atoms with van der Waals surface area (Å²) >= 11 is 0. The monoisotopic (exact) mass is 337 g/mol. The number of hydrogen-bond acceptors (Lipinski definition) is 3. The lowest BCUT2D eigenvalue weighted by Crippen LogP contribution is -2.41. The third kappa shape index (κ3) is 3.07. The lowest BCUT2D eigenvalue weighted by molar-refractivity contribution is 0.00578. The molecule has 0 spiro atoms. The second-order valence-electron chi connectivity index (χ2n) is 7.57. The van der Waals surface area contributed by atoms with Gasteiger partial charge in [-0.2, -0.15) is 0 Å². The first-order chi connectivity index (χ1) is 11.1. The molecule has 3 rings (SSSR count). The SMILES string of the molecule is CC1(C)OB(c2ccc(F)c(C(=O)NCC3CC3)c2F)OC1(C)C. The molecule has 1 aliphatic carbocycles. The molecule has 0 bridgehead atoms. The van der Waals surface area contributed by atoms with Crippen LogP contribution in [0, 0.1) is 17.6 Å². The van der Waals surface area contributed by atoms with Crippen molar-refractivity contribution in [1.82, 2.24) is 5.32 Å². The zero-order valence-corrected chi connectivity index (χ0v) is 14.4. The van der Waals surface area contributed by atoms with Gasteiger partial charge in [-0.25, -0.2) is 8.78 Å². The van der Waals surface area contributed by atoms with Crippen LogP contribution in [0.25, 0.3) is 0 Å². The highest BCUT2D eigenvalue weighted by Crippen LogP contribution is 2.36. The minimum Gasteiger partial charge on any atom is -0.399 e. The van der Waals surface area contributed by atoms with Crippen LogP contribution in [-0.4, -0.2) is 30.8 Å². The van der Waals surface area contributed by atoms with E-state index in [2.05, 4.69) is 5.32 Å². The van der Waals surface area contributed by atoms with Gasteiger partial charge in [0, 0.05) is 12.0 Å². The van der Waals surface area contributed by atoms with Gasteiger partial charge in [0.25, 0.3) is 5.91 Å². The normalized spacial score (nSPS) is 21.8. The summed E-state index contributed by atoms with van der Waals surface area (Å²) in [7, 11) is -0.981. The van der Waals surface area contributed by atoms with Gasteiger partial charge in [-0.15, -0.1) is 0 Å². The summed E-state index contributed by atoms with van der Waals surface area (Å²) in [6.07, 6.45) is 2.08. The number of amides is 1. The maximum Gasteiger partial charge on any atom is 0.497 e. The lowest BCUT2D eigenvalue weighted by Gasteiger charge is -2.32. The van der Waals surface area contributed by atoms with Crippen LogP contribution < -0.4 is 10.8 Å². The average Bonchev–Trinajstić information content (AvgIpc) is 3.24. The van der Waals surface area contributed by atoms with Crippen LogP contribution in [0.3, 0.4) is 0 Å². The zero-order valence-electron chi connectivity index (χ0n) is 14.4. The highest BCUT2D eigenvalue weighted by molar-refractivity contribution is 6.62. The highest BCUT2D eigenvalue weighted by atomic mass is 19.1. The van der Waals surface area contributed by atoms with Crippen molar-refractivity contribution in [3.8, 4) is 0 Å². The van der Waals surface area contributed by atoms with Gasteiger partial charge in [0.15, 0.2) is 0 Å². The molecule has 1 heterocycles. The van der Waals surface area contributed by atoms with Gasteiger partial charge >= 0.3 is 7.12 Å². The number of benzene rings is 1. The van der Waals surface area contributed by atoms with Gasteiger partial charge < -0.3 is 14.6 Å². The fourth-order valence-electron chi connectivity index (χ4n) is 2.58. The summed E-state index contributed by atoms with van der Waals surface area (Å²) in [5, 5.41) is 2.59. The van der Waals surface area contributed by atoms with E-state index >= 15 is 0 Å². The fourth-order valence-corrected chi connectivity index (χ4v) is 2.58. The van der Waals surface area contributed by atoms with Gasteiger partial charge in [0.2, 0.25) is 0 Å². The van der Waals surface area contributed by atoms with Gasteiger partial charge in [-0.1, -0.05) is 6.07 Å². The van der Waals surface area contributed by atoms with E-state index in [0.29, 0.717) is 12.5 Å². The number of carbonyl (C=O) groups excluding carboxylic acids is 1. The highest BCUT2D eigenvalue weighted by Gasteiger charge is 2.52. The van der Waals surface area contributed by atoms with Crippen LogP contribution >= 0.6 is 0 Å². The summed E-state index contributed by atoms with van der Waals surface area (Å²) in [5.41, 5.74) is -1.84. The number of halogens is 2. The molecule has 0 aromatic heterocycles. The van der Waals surface area contributed by atoms with Crippen molar-refractivity contribution in [2.24, 2.45) is 5.92 Å². The standard InChI is InChI=1S/C17H22BF2NO3/c1-16(2)17(3,4)24-18(23-16)11-7-8-12(19)13(14(11)20)15(22)21-9-10-5-6-10/h7-8,10H,5-6,9H2,1-4H3,(H,21,22). The molecule has 24 heavy (non-hydrogen) atoms. The summed E-state index contributed by atoms with van der Waals surface area (Å²) in [6.45, 7) is 7.82. The van der Waals surface area contributed by atoms with Gasteiger partial charge in [0.1, 0.15) is 17.2 Å². The second-order valence-corrected chi connectivity index (χ2v) is 7.57. The Kier molecular flexibility index (Phi) is 4.20. The van der Waals surface area contributed by atoms with Gasteiger partial charge in [-0.3, -0.25) is 4.79 Å². The third-order valence-electron chi connectivity index (χ3n) is 5.10. The predicted molar refractivity (Wildman–Crippen MR) is 87.1 cm³/mol. The van der Waals surface area contributed by atoms with E-state index in [1.165, 1.54) is 6.07 Å². The molecule has 7 heteroatoms. The maximum absolute atomic E-state index is 14.8. The first kappa shape index (κ1) is 17.4. The number of carbonyl (C=O) groups is 1. The Labute approximate surface area is 141 Å². The topological polar surface area (TPSA) is 47.6 Å². The van der Waals surface area contributed by atoms with Crippen LogP contribution in [0.5, 0.6) is 0 Å². The van der Waals surface area contributed by atoms with Crippen LogP contribution in [0.15, 0.2) is 12.1 Å². The molecule has 0 radical (unpaired) electrons. The van der Waals surface area contributed by atoms with Crippen molar-refractivity contribution in [2.45, 2.75) is 51.7 Å². The number of nitrogens with one attached hydrogen (secondary N) is 1. The molecule has 1 N–H and O–H groups in total. The van der Waals surface area contributed by atoms with E-state index in [1.54, 1.807) is 0 Å². The molecule has 1 aliphatic heterocycles. The summed E-state index contributed by atoms with van der Waals surface area (Å²) in [6, 6.07) is 2.35. The first-order valence-electron chi connectivity index (χ1n) is 8.24. The Balaban J connectivity index is 1.87. The van der Waals surface area contributed by atoms with Crippen molar-refractivity contribution in [2.75, 3.05) is 6.54 Å². The molecule has 1 saturated heterocycles. The molecule has 1 aromatic rings. The average molecular weight is 337 g/mol. The van der Waals surface area contributed by atoms with Crippen molar-refractivity contribution in [1.29, 1.82) is 0 Å². The number of rotatable bonds is 4. The Hall–Kier alpha value is -1.47. The first-order valence-corrected chi connectivity index (χ1v) is 8.24. The van der Waals surface area contributed by atoms with Crippen LogP contribution in [0.4, 0.5) is 8.78 Å². The Bertz CT molecular complexity index is 658.